The molecule has 0 saturated heterocycles. The molecule has 0 atom stereocenters. The summed E-state index contributed by atoms with van der Waals surface area (Å²) in [7, 11) is 0. The largest absolute Gasteiger partial charge is 0.493 e. The summed E-state index contributed by atoms with van der Waals surface area (Å²) in [5, 5.41) is 10.6. The molecule has 5 rings (SSSR count). The minimum absolute atomic E-state index is 0.156. The highest BCUT2D eigenvalue weighted by Gasteiger charge is 2.12. The molecule has 0 unspecified atom stereocenters. The van der Waals surface area contributed by atoms with Crippen molar-refractivity contribution in [2.24, 2.45) is 0 Å². The van der Waals surface area contributed by atoms with Crippen molar-refractivity contribution >= 4 is 17.8 Å². The smallest absolute Gasteiger partial charge is 0.219 e. The van der Waals surface area contributed by atoms with Crippen LogP contribution in [0.4, 0.5) is 0 Å². The number of imidazole rings is 1. The quantitative estimate of drug-likeness (QED) is 0.400. The molecule has 0 bridgehead atoms. The predicted molar refractivity (Wildman–Crippen MR) is 125 cm³/mol. The number of hydrogen-bond acceptors (Lipinski definition) is 3. The first-order chi connectivity index (χ1) is 15.3. The molecule has 2 aromatic heterocycles. The van der Waals surface area contributed by atoms with Crippen molar-refractivity contribution in [3.05, 3.63) is 120 Å². The first-order valence-corrected chi connectivity index (χ1v) is 10.2. The third-order valence-electron chi connectivity index (χ3n) is 5.25. The lowest BCUT2D eigenvalue weighted by Crippen LogP contribution is -1.90. The number of benzene rings is 3. The van der Waals surface area contributed by atoms with Crippen molar-refractivity contribution in [3.8, 4) is 17.0 Å². The van der Waals surface area contributed by atoms with Crippen molar-refractivity contribution in [1.29, 1.82) is 0 Å². The van der Waals surface area contributed by atoms with Gasteiger partial charge in [-0.1, -0.05) is 91.0 Å². The summed E-state index contributed by atoms with van der Waals surface area (Å²) in [4.78, 5) is 9.00. The number of aromatic hydroxyl groups is 1. The van der Waals surface area contributed by atoms with Gasteiger partial charge in [-0.05, 0) is 28.3 Å². The lowest BCUT2D eigenvalue weighted by Gasteiger charge is -2.02. The molecule has 0 aliphatic carbocycles. The predicted octanol–water partition coefficient (Wildman–Crippen LogP) is 5.86. The maximum absolute atomic E-state index is 10.6. The molecule has 1 N–H and O–H groups in total. The second kappa shape index (κ2) is 8.28. The average molecular weight is 403 g/mol. The third-order valence-corrected chi connectivity index (χ3v) is 5.25. The Bertz CT molecular complexity index is 1340. The molecular weight excluding hydrogens is 382 g/mol. The number of aromatic nitrogens is 3. The molecule has 4 heteroatoms. The maximum Gasteiger partial charge on any atom is 0.219 e. The van der Waals surface area contributed by atoms with E-state index in [1.807, 2.05) is 60.7 Å². The molecule has 2 heterocycles. The monoisotopic (exact) mass is 403 g/mol. The van der Waals surface area contributed by atoms with Crippen LogP contribution in [0.2, 0.25) is 0 Å². The van der Waals surface area contributed by atoms with Gasteiger partial charge in [-0.15, -0.1) is 0 Å². The van der Waals surface area contributed by atoms with Crippen LogP contribution in [0, 0.1) is 0 Å². The standard InChI is InChI=1S/C27H21N3O/c31-27-25(17-21-7-3-1-4-8-21)29-26-18-28-24(19-30(26)27)16-13-20-11-14-23(15-12-20)22-9-5-2-6-10-22/h1-16,18-19,31H,17H2/b16-13+. The zero-order valence-electron chi connectivity index (χ0n) is 16.9. The average Bonchev–Trinajstić information content (AvgIpc) is 3.14. The lowest BCUT2D eigenvalue weighted by atomic mass is 10.0. The van der Waals surface area contributed by atoms with E-state index >= 15 is 0 Å². The van der Waals surface area contributed by atoms with Crippen LogP contribution >= 0.6 is 0 Å². The van der Waals surface area contributed by atoms with Crippen LogP contribution in [0.3, 0.4) is 0 Å². The van der Waals surface area contributed by atoms with Crippen LogP contribution in [0.5, 0.6) is 5.88 Å². The molecule has 0 radical (unpaired) electrons. The molecule has 5 aromatic rings. The number of fused-ring (bicyclic) bond motifs is 1. The molecule has 0 aliphatic heterocycles. The van der Waals surface area contributed by atoms with Gasteiger partial charge in [0.2, 0.25) is 5.88 Å². The second-order valence-electron chi connectivity index (χ2n) is 7.41. The number of nitrogens with zero attached hydrogens (tertiary/aromatic N) is 3. The van der Waals surface area contributed by atoms with Crippen molar-refractivity contribution in [3.63, 3.8) is 0 Å². The molecule has 4 nitrogen and oxygen atoms in total. The number of rotatable bonds is 5. The first kappa shape index (κ1) is 18.8. The Balaban J connectivity index is 1.37. The van der Waals surface area contributed by atoms with Crippen molar-refractivity contribution in [2.45, 2.75) is 6.42 Å². The van der Waals surface area contributed by atoms with Gasteiger partial charge < -0.3 is 5.11 Å². The van der Waals surface area contributed by atoms with Gasteiger partial charge in [0.25, 0.3) is 0 Å². The summed E-state index contributed by atoms with van der Waals surface area (Å²) in [6.45, 7) is 0. The Labute approximate surface area is 180 Å². The fraction of sp³-hybridized carbons (Fsp3) is 0.0370. The molecule has 0 saturated carbocycles. The van der Waals surface area contributed by atoms with Crippen molar-refractivity contribution in [2.75, 3.05) is 0 Å². The van der Waals surface area contributed by atoms with E-state index in [0.29, 0.717) is 17.8 Å². The van der Waals surface area contributed by atoms with Gasteiger partial charge in [0.15, 0.2) is 5.65 Å². The lowest BCUT2D eigenvalue weighted by molar-refractivity contribution is 0.442. The van der Waals surface area contributed by atoms with E-state index in [2.05, 4.69) is 46.4 Å². The Morgan fingerprint density at radius 3 is 2.19 bits per heavy atom. The van der Waals surface area contributed by atoms with Gasteiger partial charge in [-0.2, -0.15) is 0 Å². The van der Waals surface area contributed by atoms with E-state index in [9.17, 15) is 5.11 Å². The summed E-state index contributed by atoms with van der Waals surface area (Å²) >= 11 is 0. The highest BCUT2D eigenvalue weighted by molar-refractivity contribution is 5.71. The van der Waals surface area contributed by atoms with E-state index < -0.39 is 0 Å². The van der Waals surface area contributed by atoms with Crippen LogP contribution in [0.25, 0.3) is 28.9 Å². The van der Waals surface area contributed by atoms with E-state index in [0.717, 1.165) is 16.8 Å². The highest BCUT2D eigenvalue weighted by atomic mass is 16.3. The molecule has 3 aromatic carbocycles. The Morgan fingerprint density at radius 2 is 1.45 bits per heavy atom. The minimum Gasteiger partial charge on any atom is -0.493 e. The zero-order chi connectivity index (χ0) is 21.0. The van der Waals surface area contributed by atoms with Crippen molar-refractivity contribution < 1.29 is 5.11 Å². The molecular formula is C27H21N3O. The van der Waals surface area contributed by atoms with Crippen LogP contribution in [-0.2, 0) is 6.42 Å². The summed E-state index contributed by atoms with van der Waals surface area (Å²) in [5.41, 5.74) is 6.60. The van der Waals surface area contributed by atoms with Crippen LogP contribution < -0.4 is 0 Å². The molecule has 31 heavy (non-hydrogen) atoms. The van der Waals surface area contributed by atoms with Gasteiger partial charge in [-0.3, -0.25) is 9.38 Å². The molecule has 150 valence electrons. The van der Waals surface area contributed by atoms with Gasteiger partial charge >= 0.3 is 0 Å². The Hall–Kier alpha value is -4.18. The maximum atomic E-state index is 10.6. The molecule has 0 aliphatic rings. The fourth-order valence-corrected chi connectivity index (χ4v) is 3.60. The summed E-state index contributed by atoms with van der Waals surface area (Å²) in [5.74, 6) is 0.156. The van der Waals surface area contributed by atoms with Crippen molar-refractivity contribution in [1.82, 2.24) is 14.4 Å². The Kier molecular flexibility index (Phi) is 5.03. The van der Waals surface area contributed by atoms with Gasteiger partial charge in [0.1, 0.15) is 5.69 Å². The van der Waals surface area contributed by atoms with E-state index in [1.54, 1.807) is 16.8 Å². The molecule has 0 amide bonds. The Morgan fingerprint density at radius 1 is 0.774 bits per heavy atom. The highest BCUT2D eigenvalue weighted by Crippen LogP contribution is 2.23. The molecule has 0 fully saturated rings. The molecule has 0 spiro atoms. The van der Waals surface area contributed by atoms with E-state index in [-0.39, 0.29) is 5.88 Å². The first-order valence-electron chi connectivity index (χ1n) is 10.2. The van der Waals surface area contributed by atoms with Gasteiger partial charge in [0.05, 0.1) is 11.9 Å². The summed E-state index contributed by atoms with van der Waals surface area (Å²) < 4.78 is 1.68. The zero-order valence-corrected chi connectivity index (χ0v) is 16.9. The number of hydrogen-bond donors (Lipinski definition) is 1. The minimum atomic E-state index is 0.156. The fourth-order valence-electron chi connectivity index (χ4n) is 3.60. The second-order valence-corrected chi connectivity index (χ2v) is 7.41. The van der Waals surface area contributed by atoms with Crippen LogP contribution in [0.15, 0.2) is 97.3 Å². The van der Waals surface area contributed by atoms with Crippen LogP contribution in [-0.4, -0.2) is 19.5 Å². The third kappa shape index (κ3) is 4.09. The summed E-state index contributed by atoms with van der Waals surface area (Å²) in [6, 6.07) is 28.7. The van der Waals surface area contributed by atoms with Crippen LogP contribution in [0.1, 0.15) is 22.5 Å². The van der Waals surface area contributed by atoms with Gasteiger partial charge in [0, 0.05) is 12.6 Å². The SMILES string of the molecule is Oc1c(Cc2ccccc2)nc2cnc(/C=C/c3ccc(-c4ccccc4)cc3)cn12. The van der Waals surface area contributed by atoms with Gasteiger partial charge in [-0.25, -0.2) is 4.98 Å². The topological polar surface area (TPSA) is 50.4 Å². The van der Waals surface area contributed by atoms with E-state index in [1.165, 1.54) is 11.1 Å². The normalized spacial score (nSPS) is 11.4. The van der Waals surface area contributed by atoms with E-state index in [4.69, 9.17) is 0 Å². The summed E-state index contributed by atoms with van der Waals surface area (Å²) in [6.07, 6.45) is 8.02.